The normalized spacial score (nSPS) is 20.1. The predicted molar refractivity (Wildman–Crippen MR) is 84.8 cm³/mol. The monoisotopic (exact) mass is 319 g/mol. The van der Waals surface area contributed by atoms with Crippen LogP contribution < -0.4 is 5.73 Å². The third kappa shape index (κ3) is 4.66. The Morgan fingerprint density at radius 2 is 1.86 bits per heavy atom. The van der Waals surface area contributed by atoms with Gasteiger partial charge in [0.25, 0.3) is 0 Å². The van der Waals surface area contributed by atoms with Crippen LogP contribution in [-0.4, -0.2) is 74.4 Å². The van der Waals surface area contributed by atoms with Crippen LogP contribution in [-0.2, 0) is 14.6 Å². The van der Waals surface area contributed by atoms with Crippen LogP contribution in [0.25, 0.3) is 0 Å². The summed E-state index contributed by atoms with van der Waals surface area (Å²) in [7, 11) is -3.42. The lowest BCUT2D eigenvalue weighted by molar-refractivity contribution is -0.133. The van der Waals surface area contributed by atoms with Crippen LogP contribution in [0.15, 0.2) is 0 Å². The maximum atomic E-state index is 12.5. The predicted octanol–water partition coefficient (Wildman–Crippen LogP) is -0.0613. The number of nitrogens with two attached hydrogens (primary N) is 1. The van der Waals surface area contributed by atoms with E-state index in [1.54, 1.807) is 4.90 Å². The van der Waals surface area contributed by atoms with Crippen LogP contribution in [0, 0.1) is 5.92 Å². The summed E-state index contributed by atoms with van der Waals surface area (Å²) in [6, 6.07) is 0. The minimum atomic E-state index is -3.42. The molecule has 1 amide bonds. The number of carbonyl (C=O) groups is 1. The zero-order valence-corrected chi connectivity index (χ0v) is 14.4. The molecule has 0 aliphatic carbocycles. The number of carbonyl (C=O) groups excluding carboxylic acids is 1. The maximum absolute atomic E-state index is 12.5. The molecule has 0 radical (unpaired) electrons. The SMILES string of the molecule is CC(CN)CN1CCCN(C(=O)C(C)(C)S(C)(=O)=O)CC1. The molecule has 0 aromatic rings. The molecule has 0 bridgehead atoms. The van der Waals surface area contributed by atoms with E-state index in [4.69, 9.17) is 5.73 Å². The molecule has 7 heteroatoms. The first-order valence-electron chi connectivity index (χ1n) is 7.51. The molecular formula is C14H29N3O3S. The second-order valence-electron chi connectivity index (χ2n) is 6.57. The molecule has 1 unspecified atom stereocenters. The molecule has 1 aliphatic heterocycles. The fourth-order valence-electron chi connectivity index (χ4n) is 2.41. The number of nitrogens with zero attached hydrogens (tertiary/aromatic N) is 2. The van der Waals surface area contributed by atoms with Gasteiger partial charge in [-0.2, -0.15) is 0 Å². The van der Waals surface area contributed by atoms with Gasteiger partial charge in [0.1, 0.15) is 4.75 Å². The van der Waals surface area contributed by atoms with Gasteiger partial charge in [-0.05, 0) is 39.3 Å². The Balaban J connectivity index is 2.69. The lowest BCUT2D eigenvalue weighted by atomic mass is 10.1. The van der Waals surface area contributed by atoms with Crippen LogP contribution >= 0.6 is 0 Å². The molecule has 0 spiro atoms. The van der Waals surface area contributed by atoms with Gasteiger partial charge in [-0.25, -0.2) is 8.42 Å². The molecule has 1 atom stereocenters. The van der Waals surface area contributed by atoms with E-state index in [0.717, 1.165) is 32.3 Å². The van der Waals surface area contributed by atoms with Crippen molar-refractivity contribution in [2.75, 3.05) is 45.5 Å². The molecule has 1 rings (SSSR count). The third-order valence-corrected chi connectivity index (χ3v) is 6.32. The smallest absolute Gasteiger partial charge is 0.243 e. The highest BCUT2D eigenvalue weighted by molar-refractivity contribution is 7.92. The number of sulfone groups is 1. The third-order valence-electron chi connectivity index (χ3n) is 4.29. The molecule has 1 fully saturated rings. The molecule has 0 aromatic heterocycles. The zero-order chi connectivity index (χ0) is 16.3. The van der Waals surface area contributed by atoms with Gasteiger partial charge in [0, 0.05) is 32.4 Å². The van der Waals surface area contributed by atoms with Crippen LogP contribution in [0.2, 0.25) is 0 Å². The standard InChI is InChI=1S/C14H29N3O3S/c1-12(10-15)11-16-6-5-7-17(9-8-16)13(18)14(2,3)21(4,19)20/h12H,5-11,15H2,1-4H3. The Labute approximate surface area is 128 Å². The number of hydrogen-bond donors (Lipinski definition) is 1. The molecule has 1 saturated heterocycles. The van der Waals surface area contributed by atoms with E-state index in [-0.39, 0.29) is 5.91 Å². The molecular weight excluding hydrogens is 290 g/mol. The molecule has 0 aromatic carbocycles. The molecule has 2 N–H and O–H groups in total. The summed E-state index contributed by atoms with van der Waals surface area (Å²) in [6.45, 7) is 9.56. The van der Waals surface area contributed by atoms with Crippen LogP contribution in [0.5, 0.6) is 0 Å². The van der Waals surface area contributed by atoms with Crippen molar-refractivity contribution < 1.29 is 13.2 Å². The molecule has 0 saturated carbocycles. The first kappa shape index (κ1) is 18.4. The summed E-state index contributed by atoms with van der Waals surface area (Å²) >= 11 is 0. The van der Waals surface area contributed by atoms with Crippen LogP contribution in [0.3, 0.4) is 0 Å². The van der Waals surface area contributed by atoms with Crippen molar-refractivity contribution in [2.45, 2.75) is 31.9 Å². The van der Waals surface area contributed by atoms with E-state index < -0.39 is 14.6 Å². The fraction of sp³-hybridized carbons (Fsp3) is 0.929. The second-order valence-corrected chi connectivity index (χ2v) is 9.13. The van der Waals surface area contributed by atoms with Crippen LogP contribution in [0.1, 0.15) is 27.2 Å². The number of rotatable bonds is 5. The van der Waals surface area contributed by atoms with Crippen molar-refractivity contribution in [2.24, 2.45) is 11.7 Å². The quantitative estimate of drug-likeness (QED) is 0.767. The minimum Gasteiger partial charge on any atom is -0.340 e. The summed E-state index contributed by atoms with van der Waals surface area (Å²) in [5, 5.41) is 0. The fourth-order valence-corrected chi connectivity index (χ4v) is 2.86. The Morgan fingerprint density at radius 3 is 2.38 bits per heavy atom. The molecule has 1 heterocycles. The van der Waals surface area contributed by atoms with Crippen molar-refractivity contribution in [3.8, 4) is 0 Å². The first-order valence-corrected chi connectivity index (χ1v) is 9.40. The van der Waals surface area contributed by atoms with E-state index >= 15 is 0 Å². The second kappa shape index (κ2) is 7.07. The molecule has 124 valence electrons. The summed E-state index contributed by atoms with van der Waals surface area (Å²) < 4.78 is 22.2. The Morgan fingerprint density at radius 1 is 1.24 bits per heavy atom. The molecule has 6 nitrogen and oxygen atoms in total. The van der Waals surface area contributed by atoms with Gasteiger partial charge in [0.15, 0.2) is 9.84 Å². The van der Waals surface area contributed by atoms with Crippen molar-refractivity contribution in [3.05, 3.63) is 0 Å². The van der Waals surface area contributed by atoms with E-state index in [1.165, 1.54) is 13.8 Å². The minimum absolute atomic E-state index is 0.293. The van der Waals surface area contributed by atoms with E-state index in [2.05, 4.69) is 11.8 Å². The van der Waals surface area contributed by atoms with Gasteiger partial charge in [-0.1, -0.05) is 6.92 Å². The van der Waals surface area contributed by atoms with Gasteiger partial charge >= 0.3 is 0 Å². The van der Waals surface area contributed by atoms with Crippen molar-refractivity contribution in [3.63, 3.8) is 0 Å². The Hall–Kier alpha value is -0.660. The van der Waals surface area contributed by atoms with E-state index in [1.807, 2.05) is 0 Å². The van der Waals surface area contributed by atoms with Gasteiger partial charge in [-0.3, -0.25) is 4.79 Å². The highest BCUT2D eigenvalue weighted by atomic mass is 32.2. The lowest BCUT2D eigenvalue weighted by Gasteiger charge is -2.30. The average Bonchev–Trinajstić information content (AvgIpc) is 2.61. The van der Waals surface area contributed by atoms with E-state index in [9.17, 15) is 13.2 Å². The topological polar surface area (TPSA) is 83.7 Å². The van der Waals surface area contributed by atoms with Gasteiger partial charge in [-0.15, -0.1) is 0 Å². The highest BCUT2D eigenvalue weighted by Crippen LogP contribution is 2.20. The summed E-state index contributed by atoms with van der Waals surface area (Å²) in [6.07, 6.45) is 1.99. The zero-order valence-electron chi connectivity index (χ0n) is 13.6. The Bertz CT molecular complexity index is 462. The van der Waals surface area contributed by atoms with Gasteiger partial charge in [0.2, 0.25) is 5.91 Å². The summed E-state index contributed by atoms with van der Waals surface area (Å²) in [5.74, 6) is 0.137. The first-order chi connectivity index (χ1) is 9.59. The number of amides is 1. The highest BCUT2D eigenvalue weighted by Gasteiger charge is 2.41. The average molecular weight is 319 g/mol. The van der Waals surface area contributed by atoms with Crippen LogP contribution in [0.4, 0.5) is 0 Å². The maximum Gasteiger partial charge on any atom is 0.243 e. The largest absolute Gasteiger partial charge is 0.340 e. The van der Waals surface area contributed by atoms with Crippen molar-refractivity contribution in [1.29, 1.82) is 0 Å². The lowest BCUT2D eigenvalue weighted by Crippen LogP contribution is -2.50. The van der Waals surface area contributed by atoms with E-state index in [0.29, 0.717) is 25.6 Å². The van der Waals surface area contributed by atoms with Crippen molar-refractivity contribution in [1.82, 2.24) is 9.80 Å². The number of hydrogen-bond acceptors (Lipinski definition) is 5. The van der Waals surface area contributed by atoms with Gasteiger partial charge in [0.05, 0.1) is 0 Å². The summed E-state index contributed by atoms with van der Waals surface area (Å²) in [4.78, 5) is 16.5. The molecule has 21 heavy (non-hydrogen) atoms. The Kier molecular flexibility index (Phi) is 6.19. The molecule has 1 aliphatic rings. The van der Waals surface area contributed by atoms with Gasteiger partial charge < -0.3 is 15.5 Å². The van der Waals surface area contributed by atoms with Crippen molar-refractivity contribution >= 4 is 15.7 Å². The summed E-state index contributed by atoms with van der Waals surface area (Å²) in [5.41, 5.74) is 5.65.